The van der Waals surface area contributed by atoms with Crippen LogP contribution in [0.2, 0.25) is 0 Å². The van der Waals surface area contributed by atoms with Crippen molar-refractivity contribution in [1.82, 2.24) is 0 Å². The lowest BCUT2D eigenvalue weighted by Crippen LogP contribution is -2.30. The molecule has 5 nitrogen and oxygen atoms in total. The molecule has 2 aromatic carbocycles. The summed E-state index contributed by atoms with van der Waals surface area (Å²) in [6, 6.07) is 14.7. The van der Waals surface area contributed by atoms with Crippen molar-refractivity contribution in [2.24, 2.45) is 0 Å². The molecule has 0 bridgehead atoms. The van der Waals surface area contributed by atoms with E-state index < -0.39 is 6.10 Å². The highest BCUT2D eigenvalue weighted by Gasteiger charge is 2.15. The van der Waals surface area contributed by atoms with Crippen LogP contribution in [0.25, 0.3) is 0 Å². The lowest BCUT2D eigenvalue weighted by Gasteiger charge is -2.15. The Bertz CT molecular complexity index is 722. The Morgan fingerprint density at radius 1 is 0.840 bits per heavy atom. The van der Waals surface area contributed by atoms with Crippen LogP contribution in [-0.2, 0) is 9.59 Å². The summed E-state index contributed by atoms with van der Waals surface area (Å²) in [6.45, 7) is 7.41. The van der Waals surface area contributed by atoms with Crippen molar-refractivity contribution in [1.29, 1.82) is 0 Å². The van der Waals surface area contributed by atoms with Crippen LogP contribution in [0.1, 0.15) is 39.2 Å². The van der Waals surface area contributed by atoms with Crippen molar-refractivity contribution in [2.75, 3.05) is 10.6 Å². The topological polar surface area (TPSA) is 67.4 Å². The summed E-state index contributed by atoms with van der Waals surface area (Å²) >= 11 is 0. The first-order valence-corrected chi connectivity index (χ1v) is 8.30. The molecule has 0 aliphatic carbocycles. The minimum Gasteiger partial charge on any atom is -0.481 e. The van der Waals surface area contributed by atoms with Gasteiger partial charge in [-0.15, -0.1) is 0 Å². The highest BCUT2D eigenvalue weighted by atomic mass is 16.5. The van der Waals surface area contributed by atoms with Crippen LogP contribution in [0.3, 0.4) is 0 Å². The summed E-state index contributed by atoms with van der Waals surface area (Å²) in [5.74, 6) is 0.741. The van der Waals surface area contributed by atoms with Crippen molar-refractivity contribution >= 4 is 23.2 Å². The van der Waals surface area contributed by atoms with Gasteiger partial charge in [-0.1, -0.05) is 26.0 Å². The first-order valence-electron chi connectivity index (χ1n) is 8.30. The zero-order valence-electron chi connectivity index (χ0n) is 15.0. The number of hydrogen-bond acceptors (Lipinski definition) is 3. The fourth-order valence-electron chi connectivity index (χ4n) is 2.27. The summed E-state index contributed by atoms with van der Waals surface area (Å²) in [7, 11) is 0. The van der Waals surface area contributed by atoms with Gasteiger partial charge < -0.3 is 15.4 Å². The Morgan fingerprint density at radius 2 is 1.36 bits per heavy atom. The second-order valence-corrected chi connectivity index (χ2v) is 6.23. The van der Waals surface area contributed by atoms with E-state index in [9.17, 15) is 9.59 Å². The molecule has 1 unspecified atom stereocenters. The smallest absolute Gasteiger partial charge is 0.265 e. The molecular weight excluding hydrogens is 316 g/mol. The van der Waals surface area contributed by atoms with Crippen LogP contribution in [-0.4, -0.2) is 17.9 Å². The Balaban J connectivity index is 1.92. The van der Waals surface area contributed by atoms with Crippen molar-refractivity contribution in [3.63, 3.8) is 0 Å². The molecule has 0 saturated heterocycles. The van der Waals surface area contributed by atoms with Gasteiger partial charge in [0.05, 0.1) is 0 Å². The minimum atomic E-state index is -0.625. The zero-order valence-corrected chi connectivity index (χ0v) is 15.0. The van der Waals surface area contributed by atoms with E-state index in [1.54, 1.807) is 31.2 Å². The first kappa shape index (κ1) is 18.5. The number of rotatable bonds is 6. The second kappa shape index (κ2) is 8.33. The van der Waals surface area contributed by atoms with Gasteiger partial charge in [0.15, 0.2) is 6.10 Å². The van der Waals surface area contributed by atoms with Crippen molar-refractivity contribution in [3.8, 4) is 5.75 Å². The molecule has 1 atom stereocenters. The maximum absolute atomic E-state index is 12.2. The summed E-state index contributed by atoms with van der Waals surface area (Å²) < 4.78 is 5.69. The molecule has 0 aliphatic rings. The zero-order chi connectivity index (χ0) is 18.4. The Morgan fingerprint density at radius 3 is 1.84 bits per heavy atom. The fourth-order valence-corrected chi connectivity index (χ4v) is 2.27. The molecule has 0 heterocycles. The van der Waals surface area contributed by atoms with E-state index in [0.717, 1.165) is 0 Å². The van der Waals surface area contributed by atoms with E-state index in [1.165, 1.54) is 12.5 Å². The van der Waals surface area contributed by atoms with Crippen LogP contribution in [0.15, 0.2) is 48.5 Å². The normalized spacial score (nSPS) is 11.7. The van der Waals surface area contributed by atoms with Crippen molar-refractivity contribution in [3.05, 3.63) is 54.1 Å². The molecule has 0 aromatic heterocycles. The van der Waals surface area contributed by atoms with Gasteiger partial charge in [0.1, 0.15) is 5.75 Å². The molecule has 0 saturated carbocycles. The molecule has 2 N–H and O–H groups in total. The Labute approximate surface area is 148 Å². The third-order valence-corrected chi connectivity index (χ3v) is 3.70. The van der Waals surface area contributed by atoms with E-state index in [-0.39, 0.29) is 11.8 Å². The molecule has 5 heteroatoms. The monoisotopic (exact) mass is 340 g/mol. The number of benzene rings is 2. The van der Waals surface area contributed by atoms with Crippen LogP contribution < -0.4 is 15.4 Å². The molecule has 0 spiro atoms. The van der Waals surface area contributed by atoms with Gasteiger partial charge in [-0.3, -0.25) is 9.59 Å². The first-order chi connectivity index (χ1) is 11.8. The maximum Gasteiger partial charge on any atom is 0.265 e. The van der Waals surface area contributed by atoms with Crippen LogP contribution in [0.4, 0.5) is 11.4 Å². The number of carbonyl (C=O) groups excluding carboxylic acids is 2. The summed E-state index contributed by atoms with van der Waals surface area (Å²) in [4.78, 5) is 23.2. The Kier molecular flexibility index (Phi) is 6.17. The fraction of sp³-hybridized carbons (Fsp3) is 0.300. The maximum atomic E-state index is 12.2. The van der Waals surface area contributed by atoms with Gasteiger partial charge in [-0.2, -0.15) is 0 Å². The average Bonchev–Trinajstić information content (AvgIpc) is 2.56. The van der Waals surface area contributed by atoms with Gasteiger partial charge in [0.25, 0.3) is 5.91 Å². The number of nitrogens with one attached hydrogen (secondary N) is 2. The van der Waals surface area contributed by atoms with E-state index >= 15 is 0 Å². The van der Waals surface area contributed by atoms with E-state index in [1.807, 2.05) is 24.3 Å². The lowest BCUT2D eigenvalue weighted by molar-refractivity contribution is -0.122. The third kappa shape index (κ3) is 5.64. The van der Waals surface area contributed by atoms with Gasteiger partial charge in [0.2, 0.25) is 5.91 Å². The van der Waals surface area contributed by atoms with Gasteiger partial charge in [-0.05, 0) is 54.8 Å². The SMILES string of the molecule is CC(=O)Nc1ccc(NC(=O)C(C)Oc2ccc(C(C)C)cc2)cc1. The van der Waals surface area contributed by atoms with Gasteiger partial charge in [0, 0.05) is 18.3 Å². The molecule has 0 fully saturated rings. The quantitative estimate of drug-likeness (QED) is 0.829. The number of amides is 2. The predicted molar refractivity (Wildman–Crippen MR) is 100.0 cm³/mol. The van der Waals surface area contributed by atoms with Gasteiger partial charge in [-0.25, -0.2) is 0 Å². The summed E-state index contributed by atoms with van der Waals surface area (Å²) in [6.07, 6.45) is -0.625. The van der Waals surface area contributed by atoms with E-state index in [0.29, 0.717) is 23.0 Å². The van der Waals surface area contributed by atoms with E-state index in [4.69, 9.17) is 4.74 Å². The molecule has 2 amide bonds. The van der Waals surface area contributed by atoms with Crippen molar-refractivity contribution in [2.45, 2.75) is 39.7 Å². The largest absolute Gasteiger partial charge is 0.481 e. The second-order valence-electron chi connectivity index (χ2n) is 6.23. The molecule has 0 radical (unpaired) electrons. The molecule has 2 aromatic rings. The van der Waals surface area contributed by atoms with Gasteiger partial charge >= 0.3 is 0 Å². The third-order valence-electron chi connectivity index (χ3n) is 3.70. The van der Waals surface area contributed by atoms with E-state index in [2.05, 4.69) is 24.5 Å². The summed E-state index contributed by atoms with van der Waals surface area (Å²) in [5.41, 5.74) is 2.55. The molecule has 0 aliphatic heterocycles. The number of ether oxygens (including phenoxy) is 1. The summed E-state index contributed by atoms with van der Waals surface area (Å²) in [5, 5.41) is 5.47. The average molecular weight is 340 g/mol. The molecule has 132 valence electrons. The minimum absolute atomic E-state index is 0.137. The number of carbonyl (C=O) groups is 2. The van der Waals surface area contributed by atoms with Crippen LogP contribution >= 0.6 is 0 Å². The Hall–Kier alpha value is -2.82. The van der Waals surface area contributed by atoms with Crippen molar-refractivity contribution < 1.29 is 14.3 Å². The standard InChI is InChI=1S/C20H24N2O3/c1-13(2)16-5-11-19(12-6-16)25-14(3)20(24)22-18-9-7-17(8-10-18)21-15(4)23/h5-14H,1-4H3,(H,21,23)(H,22,24). The van der Waals surface area contributed by atoms with Crippen LogP contribution in [0.5, 0.6) is 5.75 Å². The molecular formula is C20H24N2O3. The number of anilines is 2. The number of hydrogen-bond donors (Lipinski definition) is 2. The highest BCUT2D eigenvalue weighted by molar-refractivity contribution is 5.94. The predicted octanol–water partition coefficient (Wildman–Crippen LogP) is 4.17. The molecule has 25 heavy (non-hydrogen) atoms. The lowest BCUT2D eigenvalue weighted by atomic mass is 10.0. The van der Waals surface area contributed by atoms with Crippen LogP contribution in [0, 0.1) is 0 Å². The highest BCUT2D eigenvalue weighted by Crippen LogP contribution is 2.20. The molecule has 2 rings (SSSR count).